The Labute approximate surface area is 224 Å². The molecule has 8 heteroatoms. The molecule has 0 aliphatic rings. The molecule has 0 radical (unpaired) electrons. The first-order chi connectivity index (χ1) is 17.7. The monoisotopic (exact) mass is 521 g/mol. The second kappa shape index (κ2) is 15.6. The number of anilines is 1. The lowest BCUT2D eigenvalue weighted by Gasteiger charge is -2.10. The van der Waals surface area contributed by atoms with Crippen LogP contribution in [0.15, 0.2) is 48.1 Å². The number of hydrogen-bond acceptors (Lipinski definition) is 5. The van der Waals surface area contributed by atoms with Gasteiger partial charge in [0.1, 0.15) is 0 Å². The maximum Gasteiger partial charge on any atom is 0.253 e. The average molecular weight is 522 g/mol. The Morgan fingerprint density at radius 1 is 1.19 bits per heavy atom. The van der Waals surface area contributed by atoms with Crippen molar-refractivity contribution in [3.63, 3.8) is 0 Å². The maximum absolute atomic E-state index is 12.0. The van der Waals surface area contributed by atoms with Gasteiger partial charge in [0.05, 0.1) is 23.9 Å². The summed E-state index contributed by atoms with van der Waals surface area (Å²) >= 11 is 1.35. The topological polar surface area (TPSA) is 99.8 Å². The number of rotatable bonds is 11. The summed E-state index contributed by atoms with van der Waals surface area (Å²) in [6, 6.07) is 12.1. The van der Waals surface area contributed by atoms with E-state index in [2.05, 4.69) is 42.5 Å². The Morgan fingerprint density at radius 3 is 2.59 bits per heavy atom. The molecule has 2 N–H and O–H groups in total. The zero-order valence-electron chi connectivity index (χ0n) is 22.6. The molecule has 1 aromatic carbocycles. The lowest BCUT2D eigenvalue weighted by molar-refractivity contribution is -0.115. The lowest BCUT2D eigenvalue weighted by atomic mass is 9.93. The Hall–Kier alpha value is -3.44. The van der Waals surface area contributed by atoms with E-state index in [4.69, 9.17) is 5.26 Å². The van der Waals surface area contributed by atoms with E-state index in [1.165, 1.54) is 24.2 Å². The third kappa shape index (κ3) is 10.6. The van der Waals surface area contributed by atoms with Gasteiger partial charge in [-0.15, -0.1) is 11.3 Å². The van der Waals surface area contributed by atoms with Crippen molar-refractivity contribution < 1.29 is 9.59 Å². The zero-order valence-corrected chi connectivity index (χ0v) is 23.4. The summed E-state index contributed by atoms with van der Waals surface area (Å²) in [7, 11) is 1.83. The number of hydrogen-bond donors (Lipinski definition) is 2. The molecule has 37 heavy (non-hydrogen) atoms. The minimum Gasteiger partial charge on any atom is -0.356 e. The summed E-state index contributed by atoms with van der Waals surface area (Å²) in [6.07, 6.45) is 9.24. The Kier molecular flexibility index (Phi) is 12.6. The van der Waals surface area contributed by atoms with Crippen molar-refractivity contribution in [1.29, 1.82) is 5.26 Å². The fourth-order valence-electron chi connectivity index (χ4n) is 3.64. The number of carbonyl (C=O) groups is 2. The van der Waals surface area contributed by atoms with Gasteiger partial charge < -0.3 is 15.2 Å². The minimum atomic E-state index is -0.311. The lowest BCUT2D eigenvalue weighted by Crippen LogP contribution is -2.32. The molecule has 2 atom stereocenters. The minimum absolute atomic E-state index is 0.104. The molecule has 2 heterocycles. The van der Waals surface area contributed by atoms with Crippen molar-refractivity contribution >= 4 is 28.3 Å². The molecule has 0 saturated carbocycles. The van der Waals surface area contributed by atoms with E-state index in [1.54, 1.807) is 23.0 Å². The van der Waals surface area contributed by atoms with E-state index in [1.807, 2.05) is 43.6 Å². The summed E-state index contributed by atoms with van der Waals surface area (Å²) in [5, 5.41) is 16.5. The molecule has 2 aromatic heterocycles. The summed E-state index contributed by atoms with van der Waals surface area (Å²) in [6.45, 7) is 8.54. The zero-order chi connectivity index (χ0) is 27.2. The van der Waals surface area contributed by atoms with E-state index in [9.17, 15) is 9.59 Å². The summed E-state index contributed by atoms with van der Waals surface area (Å²) in [4.78, 5) is 28.3. The number of thiazole rings is 1. The van der Waals surface area contributed by atoms with Gasteiger partial charge in [-0.2, -0.15) is 5.26 Å². The van der Waals surface area contributed by atoms with Crippen LogP contribution in [0.1, 0.15) is 68.8 Å². The standard InChI is InChI=1S/C18H18N4O2S.C11H21N/c1-12-4-3-5-13(8-12)15-11-25-18(20-15)21-16(23)9-19-17(24)14-6-7-22(2)10-14;1-4-6-11(9-12)8-7-10(3)5-2/h3-8,10-11H,9H2,1-2H3,(H,19,24)(H,20,21,23);10-11H,4-8H2,1-3H3. The van der Waals surface area contributed by atoms with Gasteiger partial charge in [-0.3, -0.25) is 9.59 Å². The highest BCUT2D eigenvalue weighted by Crippen LogP contribution is 2.25. The molecule has 0 aliphatic heterocycles. The van der Waals surface area contributed by atoms with E-state index in [-0.39, 0.29) is 18.4 Å². The van der Waals surface area contributed by atoms with E-state index in [0.717, 1.165) is 42.0 Å². The van der Waals surface area contributed by atoms with E-state index in [0.29, 0.717) is 16.6 Å². The van der Waals surface area contributed by atoms with Gasteiger partial charge >= 0.3 is 0 Å². The van der Waals surface area contributed by atoms with Crippen LogP contribution in [-0.2, 0) is 11.8 Å². The first-order valence-electron chi connectivity index (χ1n) is 12.9. The molecule has 0 aliphatic carbocycles. The molecule has 0 saturated heterocycles. The Morgan fingerprint density at radius 2 is 1.97 bits per heavy atom. The first-order valence-corrected chi connectivity index (χ1v) is 13.8. The number of nitrogens with one attached hydrogen (secondary N) is 2. The van der Waals surface area contributed by atoms with E-state index < -0.39 is 0 Å². The highest BCUT2D eigenvalue weighted by atomic mass is 32.1. The maximum atomic E-state index is 12.0. The summed E-state index contributed by atoms with van der Waals surface area (Å²) in [5.41, 5.74) is 3.50. The second-order valence-electron chi connectivity index (χ2n) is 9.41. The molecular weight excluding hydrogens is 482 g/mol. The molecular formula is C29H39N5O2S. The number of amides is 2. The van der Waals surface area contributed by atoms with Gasteiger partial charge in [0.15, 0.2) is 5.13 Å². The molecule has 2 unspecified atom stereocenters. The van der Waals surface area contributed by atoms with Gasteiger partial charge in [-0.05, 0) is 44.2 Å². The third-order valence-corrected chi connectivity index (χ3v) is 6.85. The fraction of sp³-hybridized carbons (Fsp3) is 0.448. The van der Waals surface area contributed by atoms with Crippen molar-refractivity contribution in [1.82, 2.24) is 14.9 Å². The van der Waals surface area contributed by atoms with Crippen LogP contribution in [0.5, 0.6) is 0 Å². The number of aryl methyl sites for hydroxylation is 2. The van der Waals surface area contributed by atoms with Crippen LogP contribution < -0.4 is 10.6 Å². The fourth-order valence-corrected chi connectivity index (χ4v) is 4.38. The van der Waals surface area contributed by atoms with Crippen LogP contribution in [-0.4, -0.2) is 27.9 Å². The van der Waals surface area contributed by atoms with Gasteiger partial charge in [0.25, 0.3) is 5.91 Å². The first kappa shape index (κ1) is 29.8. The quantitative estimate of drug-likeness (QED) is 0.298. The van der Waals surface area contributed by atoms with Crippen molar-refractivity contribution in [2.75, 3.05) is 11.9 Å². The predicted octanol–water partition coefficient (Wildman–Crippen LogP) is 6.58. The van der Waals surface area contributed by atoms with Gasteiger partial charge in [0, 0.05) is 36.3 Å². The second-order valence-corrected chi connectivity index (χ2v) is 10.3. The summed E-state index contributed by atoms with van der Waals surface area (Å²) < 4.78 is 1.78. The molecule has 2 amide bonds. The van der Waals surface area contributed by atoms with Crippen LogP contribution in [0, 0.1) is 30.1 Å². The number of carbonyl (C=O) groups excluding carboxylic acids is 2. The smallest absolute Gasteiger partial charge is 0.253 e. The van der Waals surface area contributed by atoms with Crippen LogP contribution >= 0.6 is 11.3 Å². The van der Waals surface area contributed by atoms with Gasteiger partial charge in [-0.1, -0.05) is 57.4 Å². The van der Waals surface area contributed by atoms with Crippen LogP contribution in [0.4, 0.5) is 5.13 Å². The van der Waals surface area contributed by atoms with E-state index >= 15 is 0 Å². The van der Waals surface area contributed by atoms with Gasteiger partial charge in [0.2, 0.25) is 5.91 Å². The van der Waals surface area contributed by atoms with Gasteiger partial charge in [-0.25, -0.2) is 4.98 Å². The summed E-state index contributed by atoms with van der Waals surface area (Å²) in [5.74, 6) is 0.506. The van der Waals surface area contributed by atoms with Crippen LogP contribution in [0.3, 0.4) is 0 Å². The molecule has 3 aromatic rings. The third-order valence-electron chi connectivity index (χ3n) is 6.09. The molecule has 198 valence electrons. The van der Waals surface area contributed by atoms with Crippen molar-refractivity contribution in [2.24, 2.45) is 18.9 Å². The number of aromatic nitrogens is 2. The molecule has 3 rings (SSSR count). The number of nitrogens with zero attached hydrogens (tertiary/aromatic N) is 3. The van der Waals surface area contributed by atoms with Crippen LogP contribution in [0.25, 0.3) is 11.3 Å². The SMILES string of the molecule is CCCC(C#N)CCC(C)CC.Cc1cccc(-c2csc(NC(=O)CNC(=O)c3ccn(C)c3)n2)c1. The van der Waals surface area contributed by atoms with Crippen molar-refractivity contribution in [3.05, 3.63) is 59.2 Å². The highest BCUT2D eigenvalue weighted by molar-refractivity contribution is 7.14. The highest BCUT2D eigenvalue weighted by Gasteiger charge is 2.11. The molecule has 0 fully saturated rings. The van der Waals surface area contributed by atoms with Crippen molar-refractivity contribution in [3.8, 4) is 17.3 Å². The normalized spacial score (nSPS) is 12.0. The largest absolute Gasteiger partial charge is 0.356 e. The number of nitriles is 1. The van der Waals surface area contributed by atoms with Crippen LogP contribution in [0.2, 0.25) is 0 Å². The Bertz CT molecular complexity index is 1180. The predicted molar refractivity (Wildman–Crippen MR) is 151 cm³/mol. The molecule has 7 nitrogen and oxygen atoms in total. The van der Waals surface area contributed by atoms with Crippen molar-refractivity contribution in [2.45, 2.75) is 59.8 Å². The average Bonchev–Trinajstić information content (AvgIpc) is 3.54. The number of benzene rings is 1. The Balaban J connectivity index is 0.000000341. The molecule has 0 bridgehead atoms. The molecule has 0 spiro atoms.